The molecular weight excluding hydrogens is 296 g/mol. The third-order valence-corrected chi connectivity index (χ3v) is 5.30. The van der Waals surface area contributed by atoms with Gasteiger partial charge >= 0.3 is 0 Å². The lowest BCUT2D eigenvalue weighted by Crippen LogP contribution is -2.26. The van der Waals surface area contributed by atoms with Crippen LogP contribution in [0.25, 0.3) is 10.7 Å². The van der Waals surface area contributed by atoms with E-state index in [1.807, 2.05) is 17.9 Å². The van der Waals surface area contributed by atoms with E-state index in [-0.39, 0.29) is 5.91 Å². The summed E-state index contributed by atoms with van der Waals surface area (Å²) in [6, 6.07) is 2.04. The smallest absolute Gasteiger partial charge is 0.219 e. The lowest BCUT2D eigenvalue weighted by atomic mass is 10.0. The second-order valence-corrected chi connectivity index (χ2v) is 7.08. The zero-order valence-electron chi connectivity index (χ0n) is 13.2. The van der Waals surface area contributed by atoms with Crippen molar-refractivity contribution >= 4 is 17.2 Å². The zero-order chi connectivity index (χ0) is 15.7. The molecule has 5 nitrogen and oxygen atoms in total. The molecule has 0 bridgehead atoms. The van der Waals surface area contributed by atoms with Crippen LogP contribution in [0.4, 0.5) is 0 Å². The maximum absolute atomic E-state index is 11.4. The van der Waals surface area contributed by atoms with Gasteiger partial charge in [0, 0.05) is 30.6 Å². The Bertz CT molecular complexity index is 678. The number of carbonyl (C=O) groups is 1. The van der Waals surface area contributed by atoms with Gasteiger partial charge < -0.3 is 4.90 Å². The lowest BCUT2D eigenvalue weighted by Gasteiger charge is -2.13. The Hall–Kier alpha value is -1.82. The SMILES string of the molecule is CC(=O)N1CCC(Cc2cc(-c3nc(C)c(C)s3)ncn2)C1. The van der Waals surface area contributed by atoms with Crippen LogP contribution in [0, 0.1) is 19.8 Å². The van der Waals surface area contributed by atoms with Gasteiger partial charge in [-0.05, 0) is 38.7 Å². The fraction of sp³-hybridized carbons (Fsp3) is 0.500. The van der Waals surface area contributed by atoms with Gasteiger partial charge in [0.2, 0.25) is 5.91 Å². The molecule has 1 amide bonds. The van der Waals surface area contributed by atoms with Crippen molar-refractivity contribution in [3.63, 3.8) is 0 Å². The zero-order valence-corrected chi connectivity index (χ0v) is 14.0. The Labute approximate surface area is 134 Å². The van der Waals surface area contributed by atoms with Crippen molar-refractivity contribution in [3.05, 3.63) is 28.7 Å². The van der Waals surface area contributed by atoms with Crippen molar-refractivity contribution in [1.29, 1.82) is 0 Å². The predicted molar refractivity (Wildman–Crippen MR) is 86.7 cm³/mol. The highest BCUT2D eigenvalue weighted by molar-refractivity contribution is 7.15. The summed E-state index contributed by atoms with van der Waals surface area (Å²) in [5.41, 5.74) is 2.99. The van der Waals surface area contributed by atoms with Crippen LogP contribution >= 0.6 is 11.3 Å². The molecule has 0 N–H and O–H groups in total. The van der Waals surface area contributed by atoms with Crippen LogP contribution in [0.15, 0.2) is 12.4 Å². The summed E-state index contributed by atoms with van der Waals surface area (Å²) < 4.78 is 0. The molecule has 1 aliphatic rings. The largest absolute Gasteiger partial charge is 0.343 e. The van der Waals surface area contributed by atoms with E-state index in [9.17, 15) is 4.79 Å². The monoisotopic (exact) mass is 316 g/mol. The van der Waals surface area contributed by atoms with Crippen LogP contribution in [0.3, 0.4) is 0 Å². The van der Waals surface area contributed by atoms with E-state index in [0.717, 1.165) is 48.0 Å². The Morgan fingerprint density at radius 3 is 2.86 bits per heavy atom. The number of nitrogens with zero attached hydrogens (tertiary/aromatic N) is 4. The maximum atomic E-state index is 11.4. The van der Waals surface area contributed by atoms with Crippen molar-refractivity contribution in [2.45, 2.75) is 33.6 Å². The number of carbonyl (C=O) groups excluding carboxylic acids is 1. The van der Waals surface area contributed by atoms with Crippen molar-refractivity contribution < 1.29 is 4.79 Å². The molecule has 2 aromatic heterocycles. The summed E-state index contributed by atoms with van der Waals surface area (Å²) in [6.45, 7) is 7.44. The molecule has 0 aliphatic carbocycles. The molecule has 116 valence electrons. The second kappa shape index (κ2) is 6.12. The summed E-state index contributed by atoms with van der Waals surface area (Å²) in [7, 11) is 0. The molecule has 1 saturated heterocycles. The molecule has 22 heavy (non-hydrogen) atoms. The first kappa shape index (κ1) is 15.1. The molecule has 1 fully saturated rings. The molecule has 1 atom stereocenters. The first-order valence-electron chi connectivity index (χ1n) is 7.53. The minimum Gasteiger partial charge on any atom is -0.343 e. The van der Waals surface area contributed by atoms with E-state index in [2.05, 4.69) is 21.9 Å². The fourth-order valence-electron chi connectivity index (χ4n) is 2.79. The standard InChI is InChI=1S/C16H20N4OS/c1-10-11(2)22-16(19-10)15-7-14(17-9-18-15)6-13-4-5-20(8-13)12(3)21/h7,9,13H,4-6,8H2,1-3H3. The third-order valence-electron chi connectivity index (χ3n) is 4.20. The molecule has 1 aliphatic heterocycles. The maximum Gasteiger partial charge on any atom is 0.219 e. The number of hydrogen-bond donors (Lipinski definition) is 0. The Kier molecular flexibility index (Phi) is 4.20. The normalized spacial score (nSPS) is 18.0. The van der Waals surface area contributed by atoms with E-state index in [4.69, 9.17) is 0 Å². The van der Waals surface area contributed by atoms with Crippen LogP contribution in [-0.2, 0) is 11.2 Å². The molecule has 6 heteroatoms. The minimum absolute atomic E-state index is 0.166. The molecular formula is C16H20N4OS. The number of thiazole rings is 1. The van der Waals surface area contributed by atoms with E-state index in [0.29, 0.717) is 5.92 Å². The van der Waals surface area contributed by atoms with Gasteiger partial charge in [0.15, 0.2) is 0 Å². The molecule has 0 radical (unpaired) electrons. The number of likely N-dealkylation sites (tertiary alicyclic amines) is 1. The van der Waals surface area contributed by atoms with Gasteiger partial charge in [-0.3, -0.25) is 4.79 Å². The Morgan fingerprint density at radius 2 is 2.23 bits per heavy atom. The van der Waals surface area contributed by atoms with Crippen molar-refractivity contribution in [3.8, 4) is 10.7 Å². The van der Waals surface area contributed by atoms with E-state index < -0.39 is 0 Å². The number of aromatic nitrogens is 3. The predicted octanol–water partition coefficient (Wildman–Crippen LogP) is 2.63. The molecule has 0 aromatic carbocycles. The van der Waals surface area contributed by atoms with Gasteiger partial charge in [-0.2, -0.15) is 0 Å². The molecule has 1 unspecified atom stereocenters. The Balaban J connectivity index is 1.73. The summed E-state index contributed by atoms with van der Waals surface area (Å²) in [6.07, 6.45) is 3.56. The minimum atomic E-state index is 0.166. The lowest BCUT2D eigenvalue weighted by molar-refractivity contribution is -0.127. The average Bonchev–Trinajstić information content (AvgIpc) is 3.07. The van der Waals surface area contributed by atoms with Gasteiger partial charge in [0.05, 0.1) is 5.69 Å². The van der Waals surface area contributed by atoms with Gasteiger partial charge in [-0.15, -0.1) is 11.3 Å². The summed E-state index contributed by atoms with van der Waals surface area (Å²) >= 11 is 1.67. The fourth-order valence-corrected chi connectivity index (χ4v) is 3.67. The molecule has 2 aromatic rings. The van der Waals surface area contributed by atoms with Gasteiger partial charge in [0.25, 0.3) is 0 Å². The van der Waals surface area contributed by atoms with E-state index >= 15 is 0 Å². The van der Waals surface area contributed by atoms with Crippen molar-refractivity contribution in [2.24, 2.45) is 5.92 Å². The van der Waals surface area contributed by atoms with E-state index in [1.54, 1.807) is 24.6 Å². The van der Waals surface area contributed by atoms with Crippen molar-refractivity contribution in [1.82, 2.24) is 19.9 Å². The Morgan fingerprint density at radius 1 is 1.41 bits per heavy atom. The summed E-state index contributed by atoms with van der Waals surface area (Å²) in [4.78, 5) is 27.9. The highest BCUT2D eigenvalue weighted by atomic mass is 32.1. The van der Waals surface area contributed by atoms with Crippen LogP contribution in [-0.4, -0.2) is 38.8 Å². The quantitative estimate of drug-likeness (QED) is 0.873. The highest BCUT2D eigenvalue weighted by Gasteiger charge is 2.24. The average molecular weight is 316 g/mol. The van der Waals surface area contributed by atoms with Gasteiger partial charge in [-0.25, -0.2) is 15.0 Å². The summed E-state index contributed by atoms with van der Waals surface area (Å²) in [5, 5.41) is 0.954. The number of rotatable bonds is 3. The molecule has 0 spiro atoms. The first-order chi connectivity index (χ1) is 10.5. The topological polar surface area (TPSA) is 59.0 Å². The number of aryl methyl sites for hydroxylation is 2. The summed E-state index contributed by atoms with van der Waals surface area (Å²) in [5.74, 6) is 0.658. The molecule has 3 rings (SSSR count). The van der Waals surface area contributed by atoms with Crippen LogP contribution in [0.2, 0.25) is 0 Å². The molecule has 3 heterocycles. The number of amides is 1. The first-order valence-corrected chi connectivity index (χ1v) is 8.35. The van der Waals surface area contributed by atoms with Gasteiger partial charge in [0.1, 0.15) is 17.0 Å². The third kappa shape index (κ3) is 3.16. The van der Waals surface area contributed by atoms with Crippen LogP contribution in [0.1, 0.15) is 29.6 Å². The van der Waals surface area contributed by atoms with Gasteiger partial charge in [-0.1, -0.05) is 0 Å². The van der Waals surface area contributed by atoms with E-state index in [1.165, 1.54) is 4.88 Å². The highest BCUT2D eigenvalue weighted by Crippen LogP contribution is 2.27. The van der Waals surface area contributed by atoms with Crippen molar-refractivity contribution in [2.75, 3.05) is 13.1 Å². The van der Waals surface area contributed by atoms with Crippen LogP contribution in [0.5, 0.6) is 0 Å². The number of hydrogen-bond acceptors (Lipinski definition) is 5. The van der Waals surface area contributed by atoms with Crippen LogP contribution < -0.4 is 0 Å². The molecule has 0 saturated carbocycles. The second-order valence-electron chi connectivity index (χ2n) is 5.88.